The van der Waals surface area contributed by atoms with Crippen LogP contribution in [-0.4, -0.2) is 32.1 Å². The third kappa shape index (κ3) is 5.23. The van der Waals surface area contributed by atoms with Crippen LogP contribution in [0.4, 0.5) is 0 Å². The molecule has 1 atom stereocenters. The summed E-state index contributed by atoms with van der Waals surface area (Å²) in [5.41, 5.74) is 0.669. The van der Waals surface area contributed by atoms with Gasteiger partial charge in [0.1, 0.15) is 12.4 Å². The lowest BCUT2D eigenvalue weighted by Crippen LogP contribution is -2.33. The van der Waals surface area contributed by atoms with Gasteiger partial charge in [-0.05, 0) is 62.5 Å². The monoisotopic (exact) mass is 288 g/mol. The first-order valence-corrected chi connectivity index (χ1v) is 7.62. The second-order valence-corrected chi connectivity index (χ2v) is 5.38. The number of carbonyl (C=O) groups is 1. The molecule has 0 aliphatic carbocycles. The van der Waals surface area contributed by atoms with Crippen LogP contribution in [0.25, 0.3) is 0 Å². The molecule has 1 fully saturated rings. The quantitative estimate of drug-likeness (QED) is 0.757. The number of benzene rings is 1. The summed E-state index contributed by atoms with van der Waals surface area (Å²) in [6, 6.07) is 7.19. The molecule has 0 spiro atoms. The summed E-state index contributed by atoms with van der Waals surface area (Å²) in [6.45, 7) is 7.01. The predicted octanol–water partition coefficient (Wildman–Crippen LogP) is 2.37. The van der Waals surface area contributed by atoms with Gasteiger partial charge in [0.25, 0.3) is 5.91 Å². The van der Waals surface area contributed by atoms with Crippen LogP contribution in [0.3, 0.4) is 0 Å². The van der Waals surface area contributed by atoms with Crippen LogP contribution in [0, 0.1) is 5.92 Å². The van der Waals surface area contributed by atoms with Crippen LogP contribution < -0.4 is 15.4 Å². The molecule has 1 heterocycles. The lowest BCUT2D eigenvalue weighted by Gasteiger charge is -2.22. The van der Waals surface area contributed by atoms with Gasteiger partial charge in [0.15, 0.2) is 0 Å². The summed E-state index contributed by atoms with van der Waals surface area (Å²) in [7, 11) is 0. The highest BCUT2D eigenvalue weighted by Crippen LogP contribution is 2.14. The Morgan fingerprint density at radius 3 is 2.90 bits per heavy atom. The van der Waals surface area contributed by atoms with Crippen molar-refractivity contribution in [2.45, 2.75) is 19.3 Å². The number of amides is 1. The summed E-state index contributed by atoms with van der Waals surface area (Å²) in [4.78, 5) is 12.0. The number of ether oxygens (including phenoxy) is 1. The Morgan fingerprint density at radius 2 is 2.24 bits per heavy atom. The largest absolute Gasteiger partial charge is 0.490 e. The molecule has 21 heavy (non-hydrogen) atoms. The Kier molecular flexibility index (Phi) is 6.28. The number of hydrogen-bond acceptors (Lipinski definition) is 3. The van der Waals surface area contributed by atoms with E-state index in [1.54, 1.807) is 18.2 Å². The molecular weight excluding hydrogens is 264 g/mol. The van der Waals surface area contributed by atoms with E-state index in [4.69, 9.17) is 4.74 Å². The van der Waals surface area contributed by atoms with Crippen molar-refractivity contribution in [3.63, 3.8) is 0 Å². The maximum absolute atomic E-state index is 12.0. The van der Waals surface area contributed by atoms with Gasteiger partial charge in [0.2, 0.25) is 0 Å². The van der Waals surface area contributed by atoms with E-state index in [-0.39, 0.29) is 5.91 Å². The lowest BCUT2D eigenvalue weighted by atomic mass is 9.96. The molecule has 1 aromatic rings. The van der Waals surface area contributed by atoms with Crippen molar-refractivity contribution in [2.24, 2.45) is 5.92 Å². The van der Waals surface area contributed by atoms with Gasteiger partial charge in [-0.1, -0.05) is 12.7 Å². The van der Waals surface area contributed by atoms with Crippen LogP contribution in [0.2, 0.25) is 0 Å². The molecule has 114 valence electrons. The summed E-state index contributed by atoms with van der Waals surface area (Å²) in [5.74, 6) is 1.42. The first-order valence-electron chi connectivity index (χ1n) is 7.62. The average molecular weight is 288 g/mol. The lowest BCUT2D eigenvalue weighted by molar-refractivity contribution is 0.0950. The highest BCUT2D eigenvalue weighted by atomic mass is 16.5. The normalized spacial score (nSPS) is 18.0. The van der Waals surface area contributed by atoms with Crippen molar-refractivity contribution in [3.8, 4) is 5.75 Å². The zero-order valence-electron chi connectivity index (χ0n) is 12.4. The Bertz CT molecular complexity index is 450. The maximum atomic E-state index is 12.0. The topological polar surface area (TPSA) is 50.4 Å². The Hall–Kier alpha value is -1.81. The fourth-order valence-corrected chi connectivity index (χ4v) is 2.52. The number of piperidine rings is 1. The van der Waals surface area contributed by atoms with E-state index >= 15 is 0 Å². The molecule has 0 aromatic heterocycles. The van der Waals surface area contributed by atoms with Crippen molar-refractivity contribution in [3.05, 3.63) is 42.5 Å². The van der Waals surface area contributed by atoms with Crippen molar-refractivity contribution < 1.29 is 9.53 Å². The predicted molar refractivity (Wildman–Crippen MR) is 84.7 cm³/mol. The molecule has 0 radical (unpaired) electrons. The standard InChI is InChI=1S/C17H24N2O2/c1-2-12-21-16-7-5-15(6-8-16)17(20)19-11-9-14-4-3-10-18-13-14/h2,5-8,14,18H,1,3-4,9-13H2,(H,19,20). The molecule has 1 saturated heterocycles. The van der Waals surface area contributed by atoms with Crippen molar-refractivity contribution in [1.82, 2.24) is 10.6 Å². The smallest absolute Gasteiger partial charge is 0.251 e. The van der Waals surface area contributed by atoms with Gasteiger partial charge in [0.05, 0.1) is 0 Å². The third-order valence-corrected chi connectivity index (χ3v) is 3.72. The van der Waals surface area contributed by atoms with Gasteiger partial charge in [-0.3, -0.25) is 4.79 Å². The SMILES string of the molecule is C=CCOc1ccc(C(=O)NCCC2CCCNC2)cc1. The van der Waals surface area contributed by atoms with Crippen LogP contribution in [-0.2, 0) is 0 Å². The third-order valence-electron chi connectivity index (χ3n) is 3.72. The maximum Gasteiger partial charge on any atom is 0.251 e. The Balaban J connectivity index is 1.73. The van der Waals surface area contributed by atoms with E-state index in [0.29, 0.717) is 18.1 Å². The minimum atomic E-state index is -0.0194. The van der Waals surface area contributed by atoms with Gasteiger partial charge >= 0.3 is 0 Å². The minimum Gasteiger partial charge on any atom is -0.490 e. The molecule has 4 heteroatoms. The average Bonchev–Trinajstić information content (AvgIpc) is 2.54. The number of hydrogen-bond donors (Lipinski definition) is 2. The van der Waals surface area contributed by atoms with Gasteiger partial charge < -0.3 is 15.4 Å². The van der Waals surface area contributed by atoms with E-state index in [2.05, 4.69) is 17.2 Å². The number of nitrogens with one attached hydrogen (secondary N) is 2. The van der Waals surface area contributed by atoms with E-state index in [9.17, 15) is 4.79 Å². The molecule has 1 amide bonds. The van der Waals surface area contributed by atoms with Gasteiger partial charge in [-0.25, -0.2) is 0 Å². The number of rotatable bonds is 7. The van der Waals surface area contributed by atoms with E-state index < -0.39 is 0 Å². The summed E-state index contributed by atoms with van der Waals surface area (Å²) in [5, 5.41) is 6.38. The highest BCUT2D eigenvalue weighted by molar-refractivity contribution is 5.94. The fraction of sp³-hybridized carbons (Fsp3) is 0.471. The van der Waals surface area contributed by atoms with Crippen LogP contribution >= 0.6 is 0 Å². The first kappa shape index (κ1) is 15.6. The molecule has 1 aromatic carbocycles. The minimum absolute atomic E-state index is 0.0194. The Morgan fingerprint density at radius 1 is 1.43 bits per heavy atom. The fourth-order valence-electron chi connectivity index (χ4n) is 2.52. The van der Waals surface area contributed by atoms with Gasteiger partial charge in [-0.2, -0.15) is 0 Å². The summed E-state index contributed by atoms with van der Waals surface area (Å²) >= 11 is 0. The van der Waals surface area contributed by atoms with Crippen molar-refractivity contribution >= 4 is 5.91 Å². The second kappa shape index (κ2) is 8.47. The zero-order chi connectivity index (χ0) is 14.9. The second-order valence-electron chi connectivity index (χ2n) is 5.38. The molecule has 4 nitrogen and oxygen atoms in total. The Labute approximate surface area is 126 Å². The molecule has 2 rings (SSSR count). The molecule has 1 aliphatic heterocycles. The van der Waals surface area contributed by atoms with Gasteiger partial charge in [0, 0.05) is 12.1 Å². The molecule has 1 unspecified atom stereocenters. The summed E-state index contributed by atoms with van der Waals surface area (Å²) in [6.07, 6.45) is 5.24. The summed E-state index contributed by atoms with van der Waals surface area (Å²) < 4.78 is 5.39. The first-order chi connectivity index (χ1) is 10.3. The van der Waals surface area contributed by atoms with E-state index in [1.807, 2.05) is 12.1 Å². The van der Waals surface area contributed by atoms with Crippen molar-refractivity contribution in [2.75, 3.05) is 26.2 Å². The molecule has 2 N–H and O–H groups in total. The molecule has 1 aliphatic rings. The van der Waals surface area contributed by atoms with Crippen LogP contribution in [0.1, 0.15) is 29.6 Å². The van der Waals surface area contributed by atoms with Crippen LogP contribution in [0.15, 0.2) is 36.9 Å². The zero-order valence-corrected chi connectivity index (χ0v) is 12.4. The van der Waals surface area contributed by atoms with Crippen LogP contribution in [0.5, 0.6) is 5.75 Å². The van der Waals surface area contributed by atoms with Gasteiger partial charge in [-0.15, -0.1) is 0 Å². The molecule has 0 bridgehead atoms. The molecule has 0 saturated carbocycles. The molecular formula is C17H24N2O2. The van der Waals surface area contributed by atoms with E-state index in [0.717, 1.165) is 31.8 Å². The van der Waals surface area contributed by atoms with E-state index in [1.165, 1.54) is 12.8 Å². The highest BCUT2D eigenvalue weighted by Gasteiger charge is 2.13. The number of carbonyl (C=O) groups excluding carboxylic acids is 1. The van der Waals surface area contributed by atoms with Crippen molar-refractivity contribution in [1.29, 1.82) is 0 Å².